The third kappa shape index (κ3) is 3.28. The van der Waals surface area contributed by atoms with Gasteiger partial charge in [0.1, 0.15) is 0 Å². The first kappa shape index (κ1) is 12.6. The topological polar surface area (TPSA) is 49.4 Å². The molecule has 1 N–H and O–H groups in total. The monoisotopic (exact) mass is 232 g/mol. The molecule has 1 amide bonds. The lowest BCUT2D eigenvalue weighted by Gasteiger charge is -2.27. The molecule has 1 rings (SSSR count). The number of rotatable bonds is 5. The molecule has 0 aromatic heterocycles. The van der Waals surface area contributed by atoms with E-state index >= 15 is 0 Å². The van der Waals surface area contributed by atoms with Crippen LogP contribution < -0.4 is 5.32 Å². The fourth-order valence-corrected chi connectivity index (χ4v) is 2.45. The molecular formula is C10H20N2O2S. The summed E-state index contributed by atoms with van der Waals surface area (Å²) in [5.74, 6) is 1.78. The molecule has 2 atom stereocenters. The largest absolute Gasteiger partial charge is 0.325 e. The van der Waals surface area contributed by atoms with Crippen molar-refractivity contribution >= 4 is 16.7 Å². The van der Waals surface area contributed by atoms with E-state index in [9.17, 15) is 9.00 Å². The summed E-state index contributed by atoms with van der Waals surface area (Å²) < 4.78 is 11.3. The standard InChI is InChI=1S/C10H20N2O2S/c1-4-15(14)6-5-12-9(13)7-11-10(12)8(2)3/h8,10-11H,4-7H2,1-3H3. The average molecular weight is 232 g/mol. The van der Waals surface area contributed by atoms with Crippen LogP contribution in [0.1, 0.15) is 20.8 Å². The summed E-state index contributed by atoms with van der Waals surface area (Å²) in [6, 6.07) is 0. The van der Waals surface area contributed by atoms with E-state index in [4.69, 9.17) is 0 Å². The van der Waals surface area contributed by atoms with Crippen LogP contribution in [0.2, 0.25) is 0 Å². The van der Waals surface area contributed by atoms with Gasteiger partial charge >= 0.3 is 0 Å². The molecule has 1 heterocycles. The van der Waals surface area contributed by atoms with E-state index in [0.29, 0.717) is 30.5 Å². The predicted octanol–water partition coefficient (Wildman–Crippen LogP) is 0.169. The Balaban J connectivity index is 2.49. The van der Waals surface area contributed by atoms with Gasteiger partial charge in [0.25, 0.3) is 0 Å². The maximum Gasteiger partial charge on any atom is 0.237 e. The predicted molar refractivity (Wildman–Crippen MR) is 61.9 cm³/mol. The van der Waals surface area contributed by atoms with Gasteiger partial charge in [-0.05, 0) is 5.92 Å². The number of carbonyl (C=O) groups is 1. The van der Waals surface area contributed by atoms with Crippen LogP contribution in [-0.4, -0.2) is 45.8 Å². The lowest BCUT2D eigenvalue weighted by atomic mass is 10.1. The summed E-state index contributed by atoms with van der Waals surface area (Å²) in [6.07, 6.45) is 0.117. The second-order valence-corrected chi connectivity index (χ2v) is 5.95. The number of nitrogens with zero attached hydrogens (tertiary/aromatic N) is 1. The van der Waals surface area contributed by atoms with Gasteiger partial charge in [0, 0.05) is 28.9 Å². The molecule has 5 heteroatoms. The number of nitrogens with one attached hydrogen (secondary N) is 1. The molecule has 1 aliphatic rings. The first-order chi connectivity index (χ1) is 7.06. The normalized spacial score (nSPS) is 23.9. The Hall–Kier alpha value is -0.420. The summed E-state index contributed by atoms with van der Waals surface area (Å²) >= 11 is 0. The zero-order chi connectivity index (χ0) is 11.4. The van der Waals surface area contributed by atoms with Crippen LogP contribution in [0.5, 0.6) is 0 Å². The van der Waals surface area contributed by atoms with Crippen molar-refractivity contribution in [3.8, 4) is 0 Å². The molecule has 1 saturated heterocycles. The van der Waals surface area contributed by atoms with Gasteiger partial charge in [-0.2, -0.15) is 0 Å². The minimum atomic E-state index is -0.788. The molecule has 15 heavy (non-hydrogen) atoms. The van der Waals surface area contributed by atoms with E-state index in [1.807, 2.05) is 11.8 Å². The molecule has 0 aromatic carbocycles. The van der Waals surface area contributed by atoms with Crippen molar-refractivity contribution < 1.29 is 9.00 Å². The highest BCUT2D eigenvalue weighted by Crippen LogP contribution is 2.13. The molecule has 0 radical (unpaired) electrons. The van der Waals surface area contributed by atoms with Crippen molar-refractivity contribution in [3.63, 3.8) is 0 Å². The van der Waals surface area contributed by atoms with Crippen LogP contribution in [0.4, 0.5) is 0 Å². The highest BCUT2D eigenvalue weighted by Gasteiger charge is 2.31. The zero-order valence-corrected chi connectivity index (χ0v) is 10.5. The van der Waals surface area contributed by atoms with Gasteiger partial charge in [-0.1, -0.05) is 20.8 Å². The smallest absolute Gasteiger partial charge is 0.237 e. The van der Waals surface area contributed by atoms with E-state index in [2.05, 4.69) is 19.2 Å². The van der Waals surface area contributed by atoms with Gasteiger partial charge in [-0.25, -0.2) is 0 Å². The summed E-state index contributed by atoms with van der Waals surface area (Å²) in [4.78, 5) is 13.4. The minimum Gasteiger partial charge on any atom is -0.325 e. The van der Waals surface area contributed by atoms with Gasteiger partial charge in [-0.3, -0.25) is 14.3 Å². The third-order valence-corrected chi connectivity index (χ3v) is 3.91. The summed E-state index contributed by atoms with van der Waals surface area (Å²) in [6.45, 7) is 7.09. The van der Waals surface area contributed by atoms with Crippen molar-refractivity contribution in [1.82, 2.24) is 10.2 Å². The number of amides is 1. The summed E-state index contributed by atoms with van der Waals surface area (Å²) in [7, 11) is -0.788. The van der Waals surface area contributed by atoms with Gasteiger partial charge in [0.05, 0.1) is 12.7 Å². The molecule has 0 bridgehead atoms. The lowest BCUT2D eigenvalue weighted by molar-refractivity contribution is -0.128. The maximum atomic E-state index is 11.6. The van der Waals surface area contributed by atoms with Crippen LogP contribution in [-0.2, 0) is 15.6 Å². The molecule has 1 aliphatic heterocycles. The zero-order valence-electron chi connectivity index (χ0n) is 9.66. The number of carbonyl (C=O) groups excluding carboxylic acids is 1. The minimum absolute atomic E-state index is 0.117. The van der Waals surface area contributed by atoms with Gasteiger partial charge in [0.15, 0.2) is 0 Å². The van der Waals surface area contributed by atoms with E-state index in [1.165, 1.54) is 0 Å². The molecule has 2 unspecified atom stereocenters. The highest BCUT2D eigenvalue weighted by atomic mass is 32.2. The number of hydrogen-bond donors (Lipinski definition) is 1. The molecule has 0 spiro atoms. The van der Waals surface area contributed by atoms with E-state index < -0.39 is 10.8 Å². The third-order valence-electron chi connectivity index (χ3n) is 2.63. The number of hydrogen-bond acceptors (Lipinski definition) is 3. The Morgan fingerprint density at radius 1 is 1.60 bits per heavy atom. The quantitative estimate of drug-likeness (QED) is 0.735. The molecule has 4 nitrogen and oxygen atoms in total. The van der Waals surface area contributed by atoms with E-state index in [1.54, 1.807) is 0 Å². The van der Waals surface area contributed by atoms with Gasteiger partial charge in [-0.15, -0.1) is 0 Å². The van der Waals surface area contributed by atoms with E-state index in [0.717, 1.165) is 0 Å². The Labute approximate surface area is 93.9 Å². The Kier molecular flexibility index (Phi) is 4.73. The molecular weight excluding hydrogens is 212 g/mol. The highest BCUT2D eigenvalue weighted by molar-refractivity contribution is 7.84. The molecule has 0 aliphatic carbocycles. The Morgan fingerprint density at radius 3 is 2.80 bits per heavy atom. The van der Waals surface area contributed by atoms with Crippen molar-refractivity contribution in [2.24, 2.45) is 5.92 Å². The van der Waals surface area contributed by atoms with Crippen LogP contribution in [0.3, 0.4) is 0 Å². The fourth-order valence-electron chi connectivity index (χ4n) is 1.76. The van der Waals surface area contributed by atoms with Crippen molar-refractivity contribution in [1.29, 1.82) is 0 Å². The molecule has 0 saturated carbocycles. The second-order valence-electron chi connectivity index (χ2n) is 4.09. The average Bonchev–Trinajstić information content (AvgIpc) is 2.56. The molecule has 0 aromatic rings. The van der Waals surface area contributed by atoms with Crippen LogP contribution >= 0.6 is 0 Å². The van der Waals surface area contributed by atoms with Crippen LogP contribution in [0.15, 0.2) is 0 Å². The lowest BCUT2D eigenvalue weighted by Crippen LogP contribution is -2.43. The van der Waals surface area contributed by atoms with Gasteiger partial charge < -0.3 is 4.90 Å². The van der Waals surface area contributed by atoms with Crippen molar-refractivity contribution in [2.45, 2.75) is 26.9 Å². The SMILES string of the molecule is CCS(=O)CCN1C(=O)CNC1C(C)C. The van der Waals surface area contributed by atoms with E-state index in [-0.39, 0.29) is 12.1 Å². The second kappa shape index (κ2) is 5.61. The summed E-state index contributed by atoms with van der Waals surface area (Å²) in [5.41, 5.74) is 0. The van der Waals surface area contributed by atoms with Crippen molar-refractivity contribution in [3.05, 3.63) is 0 Å². The Bertz CT molecular complexity index is 256. The molecule has 1 fully saturated rings. The maximum absolute atomic E-state index is 11.6. The fraction of sp³-hybridized carbons (Fsp3) is 0.900. The van der Waals surface area contributed by atoms with Crippen LogP contribution in [0, 0.1) is 5.92 Å². The summed E-state index contributed by atoms with van der Waals surface area (Å²) in [5, 5.41) is 3.18. The van der Waals surface area contributed by atoms with Gasteiger partial charge in [0.2, 0.25) is 5.91 Å². The van der Waals surface area contributed by atoms with Crippen LogP contribution in [0.25, 0.3) is 0 Å². The first-order valence-corrected chi connectivity index (χ1v) is 6.93. The first-order valence-electron chi connectivity index (χ1n) is 5.44. The van der Waals surface area contributed by atoms with Crippen molar-refractivity contribution in [2.75, 3.05) is 24.6 Å². The Morgan fingerprint density at radius 2 is 2.27 bits per heavy atom. The molecule has 88 valence electrons.